The molecule has 0 aliphatic heterocycles. The lowest BCUT2D eigenvalue weighted by atomic mass is 9.70. The van der Waals surface area contributed by atoms with Gasteiger partial charge in [0.25, 0.3) is 0 Å². The van der Waals surface area contributed by atoms with Gasteiger partial charge in [-0.1, -0.05) is 146 Å². The van der Waals surface area contributed by atoms with Crippen LogP contribution in [0.5, 0.6) is 0 Å². The summed E-state index contributed by atoms with van der Waals surface area (Å²) in [5.41, 5.74) is 18.1. The minimum absolute atomic E-state index is 0.197. The number of fused-ring (bicyclic) bond motifs is 13. The maximum absolute atomic E-state index is 2.71. The maximum Gasteiger partial charge on any atom is 0.0726 e. The summed E-state index contributed by atoms with van der Waals surface area (Å²) in [7, 11) is 0. The van der Waals surface area contributed by atoms with Crippen LogP contribution in [0, 0.1) is 0 Å². The molecule has 3 heteroatoms. The highest BCUT2D eigenvalue weighted by Gasteiger charge is 2.52. The maximum atomic E-state index is 2.71. The van der Waals surface area contributed by atoms with Gasteiger partial charge in [-0.15, -0.1) is 11.3 Å². The predicted molar refractivity (Wildman–Crippen MR) is 245 cm³/mol. The number of anilines is 4. The summed E-state index contributed by atoms with van der Waals surface area (Å²) in [6.45, 7) is 0. The van der Waals surface area contributed by atoms with Crippen molar-refractivity contribution < 1.29 is 0 Å². The van der Waals surface area contributed by atoms with Crippen molar-refractivity contribution in [2.24, 2.45) is 0 Å². The van der Waals surface area contributed by atoms with E-state index in [1.54, 1.807) is 0 Å². The fraction of sp³-hybridized carbons (Fsp3) is 0.0909. The van der Waals surface area contributed by atoms with E-state index in [0.717, 1.165) is 30.6 Å². The van der Waals surface area contributed by atoms with E-state index in [4.69, 9.17) is 0 Å². The monoisotopic (exact) mass is 760 g/mol. The number of rotatable bonds is 6. The van der Waals surface area contributed by atoms with Gasteiger partial charge in [0.05, 0.1) is 11.5 Å². The predicted octanol–water partition coefficient (Wildman–Crippen LogP) is 14.4. The third-order valence-electron chi connectivity index (χ3n) is 12.9. The van der Waals surface area contributed by atoms with Gasteiger partial charge in [-0.3, -0.25) is 0 Å². The molecule has 0 radical (unpaired) electrons. The molecule has 8 aromatic rings. The van der Waals surface area contributed by atoms with Crippen LogP contribution in [0.4, 0.5) is 22.7 Å². The third kappa shape index (κ3) is 4.84. The van der Waals surface area contributed by atoms with E-state index in [1.807, 2.05) is 11.3 Å². The standard InChI is InChI=1S/C55H40N2S/c1-4-17-37(18-5-1)56(38-19-6-2-7-20-38)40-31-33-52-45(35-40)46-36-41(32-34-53(46)58-52)57(39-21-8-3-9-22-39)51-30-16-29-50-54(51)44-25-12-15-28-49(44)55(50)47-26-13-10-23-42(47)43-24-11-14-27-48(43)55/h1-21,23-31,33,35-36,39H,22,32,34H2. The highest BCUT2D eigenvalue weighted by atomic mass is 32.1. The molecular weight excluding hydrogens is 721 g/mol. The molecule has 12 rings (SSSR count). The highest BCUT2D eigenvalue weighted by molar-refractivity contribution is 7.19. The summed E-state index contributed by atoms with van der Waals surface area (Å²) in [5, 5.41) is 1.33. The van der Waals surface area contributed by atoms with Gasteiger partial charge in [0.1, 0.15) is 0 Å². The Morgan fingerprint density at radius 1 is 0.534 bits per heavy atom. The van der Waals surface area contributed by atoms with Crippen molar-refractivity contribution in [3.8, 4) is 22.3 Å². The van der Waals surface area contributed by atoms with Crippen LogP contribution in [0.2, 0.25) is 0 Å². The number of allylic oxidation sites excluding steroid dienone is 3. The molecule has 1 spiro atoms. The first-order valence-electron chi connectivity index (χ1n) is 20.5. The SMILES string of the molecule is C1=CCC(N(C2=Cc3c(sc4ccc(N(c5ccccc5)c5ccccc5)cc34)CC2)c2cccc3c2-c2ccccc2C32c3ccccc3-c3ccccc32)C=C1. The van der Waals surface area contributed by atoms with Crippen LogP contribution < -0.4 is 9.80 Å². The van der Waals surface area contributed by atoms with E-state index in [-0.39, 0.29) is 11.5 Å². The van der Waals surface area contributed by atoms with Crippen LogP contribution in [0.15, 0.2) is 200 Å². The summed E-state index contributed by atoms with van der Waals surface area (Å²) in [5.74, 6) is 0. The number of aryl methyl sites for hydroxylation is 1. The highest BCUT2D eigenvalue weighted by Crippen LogP contribution is 2.64. The summed E-state index contributed by atoms with van der Waals surface area (Å²) in [6, 6.07) is 63.3. The molecule has 1 atom stereocenters. The fourth-order valence-corrected chi connectivity index (χ4v) is 11.7. The zero-order valence-corrected chi connectivity index (χ0v) is 32.9. The molecular formula is C55H40N2S. The Balaban J connectivity index is 1.06. The number of hydrogen-bond donors (Lipinski definition) is 0. The van der Waals surface area contributed by atoms with Crippen LogP contribution >= 0.6 is 11.3 Å². The van der Waals surface area contributed by atoms with Crippen LogP contribution in [0.1, 0.15) is 45.5 Å². The van der Waals surface area contributed by atoms with E-state index in [1.165, 1.54) is 82.1 Å². The lowest BCUT2D eigenvalue weighted by Crippen LogP contribution is -2.35. The van der Waals surface area contributed by atoms with Gasteiger partial charge in [-0.2, -0.15) is 0 Å². The van der Waals surface area contributed by atoms with Crippen molar-refractivity contribution in [2.75, 3.05) is 9.80 Å². The summed E-state index contributed by atoms with van der Waals surface area (Å²) in [4.78, 5) is 6.56. The molecule has 0 bridgehead atoms. The largest absolute Gasteiger partial charge is 0.337 e. The Morgan fingerprint density at radius 3 is 1.83 bits per heavy atom. The lowest BCUT2D eigenvalue weighted by Gasteiger charge is -2.37. The van der Waals surface area contributed by atoms with E-state index >= 15 is 0 Å². The summed E-state index contributed by atoms with van der Waals surface area (Å²) >= 11 is 1.96. The average molecular weight is 761 g/mol. The molecule has 1 unspecified atom stereocenters. The van der Waals surface area contributed by atoms with Gasteiger partial charge in [0, 0.05) is 49.0 Å². The number of hydrogen-bond acceptors (Lipinski definition) is 3. The van der Waals surface area contributed by atoms with Gasteiger partial charge in [-0.05, 0) is 118 Å². The second-order valence-corrected chi connectivity index (χ2v) is 17.0. The molecule has 4 aliphatic carbocycles. The molecule has 7 aromatic carbocycles. The topological polar surface area (TPSA) is 6.48 Å². The molecule has 0 fully saturated rings. The van der Waals surface area contributed by atoms with Gasteiger partial charge < -0.3 is 9.80 Å². The van der Waals surface area contributed by atoms with E-state index in [2.05, 4.69) is 210 Å². The second kappa shape index (κ2) is 13.2. The first-order valence-corrected chi connectivity index (χ1v) is 21.3. The average Bonchev–Trinajstić information content (AvgIpc) is 3.92. The Labute approximate surface area is 344 Å². The molecule has 4 aliphatic rings. The molecule has 1 heterocycles. The van der Waals surface area contributed by atoms with Crippen molar-refractivity contribution in [2.45, 2.75) is 30.7 Å². The Bertz CT molecular complexity index is 2920. The molecule has 0 N–H and O–H groups in total. The van der Waals surface area contributed by atoms with Gasteiger partial charge in [-0.25, -0.2) is 0 Å². The van der Waals surface area contributed by atoms with Crippen molar-refractivity contribution in [1.29, 1.82) is 0 Å². The fourth-order valence-electron chi connectivity index (χ4n) is 10.5. The van der Waals surface area contributed by atoms with Crippen LogP contribution in [0.3, 0.4) is 0 Å². The normalized spacial score (nSPS) is 16.3. The Kier molecular flexibility index (Phi) is 7.61. The van der Waals surface area contributed by atoms with E-state index in [9.17, 15) is 0 Å². The molecule has 58 heavy (non-hydrogen) atoms. The van der Waals surface area contributed by atoms with Crippen molar-refractivity contribution in [1.82, 2.24) is 0 Å². The number of nitrogens with zero attached hydrogens (tertiary/aromatic N) is 2. The smallest absolute Gasteiger partial charge is 0.0726 e. The lowest BCUT2D eigenvalue weighted by molar-refractivity contribution is 0.722. The van der Waals surface area contributed by atoms with Gasteiger partial charge in [0.15, 0.2) is 0 Å². The Morgan fingerprint density at radius 2 is 1.16 bits per heavy atom. The van der Waals surface area contributed by atoms with Gasteiger partial charge >= 0.3 is 0 Å². The van der Waals surface area contributed by atoms with E-state index < -0.39 is 0 Å². The summed E-state index contributed by atoms with van der Waals surface area (Å²) in [6.07, 6.45) is 14.7. The number of benzene rings is 7. The van der Waals surface area contributed by atoms with E-state index in [0.29, 0.717) is 0 Å². The third-order valence-corrected chi connectivity index (χ3v) is 14.1. The minimum atomic E-state index is -0.374. The molecule has 0 saturated carbocycles. The second-order valence-electron chi connectivity index (χ2n) is 15.8. The number of thiophene rings is 1. The molecule has 2 nitrogen and oxygen atoms in total. The molecule has 0 saturated heterocycles. The minimum Gasteiger partial charge on any atom is -0.337 e. The molecule has 1 aromatic heterocycles. The first-order chi connectivity index (χ1) is 28.8. The molecule has 0 amide bonds. The molecule has 276 valence electrons. The van der Waals surface area contributed by atoms with Crippen molar-refractivity contribution in [3.63, 3.8) is 0 Å². The quantitative estimate of drug-likeness (QED) is 0.167. The Hall–Kier alpha value is -6.68. The number of para-hydroxylation sites is 2. The van der Waals surface area contributed by atoms with Crippen molar-refractivity contribution >= 4 is 50.2 Å². The van der Waals surface area contributed by atoms with Crippen LogP contribution in [-0.2, 0) is 11.8 Å². The zero-order valence-electron chi connectivity index (χ0n) is 32.1. The van der Waals surface area contributed by atoms with Crippen LogP contribution in [-0.4, -0.2) is 6.04 Å². The first kappa shape index (κ1) is 33.5. The van der Waals surface area contributed by atoms with Gasteiger partial charge in [0.2, 0.25) is 0 Å². The zero-order chi connectivity index (χ0) is 38.2. The van der Waals surface area contributed by atoms with Crippen molar-refractivity contribution in [3.05, 3.63) is 233 Å². The van der Waals surface area contributed by atoms with Crippen LogP contribution in [0.25, 0.3) is 38.4 Å². The summed E-state index contributed by atoms with van der Waals surface area (Å²) < 4.78 is 1.34.